The van der Waals surface area contributed by atoms with Gasteiger partial charge in [-0.3, -0.25) is 19.2 Å². The van der Waals surface area contributed by atoms with Crippen LogP contribution in [0, 0.1) is 11.8 Å². The van der Waals surface area contributed by atoms with Crippen molar-refractivity contribution >= 4 is 23.5 Å². The molecule has 43 heavy (non-hydrogen) atoms. The molecular formula is C34H48N4O5. The van der Waals surface area contributed by atoms with Crippen molar-refractivity contribution in [3.05, 3.63) is 71.8 Å². The number of rotatable bonds is 17. The topological polar surface area (TPSA) is 143 Å². The molecule has 0 unspecified atom stereocenters. The van der Waals surface area contributed by atoms with E-state index >= 15 is 0 Å². The molecule has 0 bridgehead atoms. The van der Waals surface area contributed by atoms with Crippen molar-refractivity contribution in [2.45, 2.75) is 96.5 Å². The lowest BCUT2D eigenvalue weighted by Gasteiger charge is -2.27. The largest absolute Gasteiger partial charge is 0.361 e. The summed E-state index contributed by atoms with van der Waals surface area (Å²) in [6.07, 6.45) is 1.66. The van der Waals surface area contributed by atoms with Gasteiger partial charge in [0.15, 0.2) is 5.78 Å². The molecule has 2 aromatic rings. The molecule has 3 amide bonds. The Balaban J connectivity index is 1.72. The van der Waals surface area contributed by atoms with Gasteiger partial charge in [-0.1, -0.05) is 88.4 Å². The summed E-state index contributed by atoms with van der Waals surface area (Å²) >= 11 is 0. The fourth-order valence-electron chi connectivity index (χ4n) is 5.05. The van der Waals surface area contributed by atoms with Crippen LogP contribution in [0.2, 0.25) is 0 Å². The molecule has 9 heteroatoms. The first kappa shape index (κ1) is 33.9. The van der Waals surface area contributed by atoms with Gasteiger partial charge in [0.2, 0.25) is 17.7 Å². The summed E-state index contributed by atoms with van der Waals surface area (Å²) in [5.41, 5.74) is 7.18. The Morgan fingerprint density at radius 3 is 1.86 bits per heavy atom. The smallest absolute Gasteiger partial charge is 0.243 e. The summed E-state index contributed by atoms with van der Waals surface area (Å²) in [6, 6.07) is 16.1. The minimum absolute atomic E-state index is 0.108. The number of hydrogen-bond donors (Lipinski definition) is 4. The molecule has 0 spiro atoms. The van der Waals surface area contributed by atoms with E-state index < -0.39 is 35.5 Å². The zero-order valence-electron chi connectivity index (χ0n) is 26.1. The van der Waals surface area contributed by atoms with Crippen LogP contribution >= 0.6 is 0 Å². The highest BCUT2D eigenvalue weighted by molar-refractivity contribution is 5.98. The van der Waals surface area contributed by atoms with Crippen molar-refractivity contribution < 1.29 is 23.9 Å². The SMILES string of the molecule is CC(C)C[C@H](NC(=O)CC[C@H](N)c1ccccc1)C(=O)N[C@@H](Cc1ccccc1)C(=O)N[C@@H](CC(C)C)C(=O)[C@@]1(C)CO1. The Morgan fingerprint density at radius 1 is 0.791 bits per heavy atom. The zero-order chi connectivity index (χ0) is 31.6. The summed E-state index contributed by atoms with van der Waals surface area (Å²) in [5, 5.41) is 8.66. The third-order valence-electron chi connectivity index (χ3n) is 7.62. The van der Waals surface area contributed by atoms with Crippen LogP contribution in [0.3, 0.4) is 0 Å². The van der Waals surface area contributed by atoms with Gasteiger partial charge in [-0.2, -0.15) is 0 Å². The molecular weight excluding hydrogens is 544 g/mol. The van der Waals surface area contributed by atoms with Gasteiger partial charge in [-0.05, 0) is 49.1 Å². The summed E-state index contributed by atoms with van der Waals surface area (Å²) in [6.45, 7) is 9.95. The van der Waals surface area contributed by atoms with E-state index in [2.05, 4.69) is 16.0 Å². The van der Waals surface area contributed by atoms with E-state index in [1.54, 1.807) is 6.92 Å². The minimum atomic E-state index is -0.955. The number of nitrogens with one attached hydrogen (secondary N) is 3. The Kier molecular flexibility index (Phi) is 12.5. The van der Waals surface area contributed by atoms with Crippen molar-refractivity contribution in [2.75, 3.05) is 6.61 Å². The quantitative estimate of drug-likeness (QED) is 0.207. The van der Waals surface area contributed by atoms with Crippen LogP contribution in [0.5, 0.6) is 0 Å². The first-order valence-corrected chi connectivity index (χ1v) is 15.3. The molecule has 0 aromatic heterocycles. The molecule has 3 rings (SSSR count). The molecule has 1 fully saturated rings. The van der Waals surface area contributed by atoms with E-state index in [-0.39, 0.29) is 42.4 Å². The molecule has 0 aliphatic carbocycles. The maximum atomic E-state index is 13.7. The van der Waals surface area contributed by atoms with Gasteiger partial charge < -0.3 is 26.4 Å². The number of hydrogen-bond acceptors (Lipinski definition) is 6. The highest BCUT2D eigenvalue weighted by Crippen LogP contribution is 2.29. The molecule has 1 aliphatic rings. The Morgan fingerprint density at radius 2 is 1.30 bits per heavy atom. The van der Waals surface area contributed by atoms with Crippen molar-refractivity contribution in [1.29, 1.82) is 0 Å². The molecule has 9 nitrogen and oxygen atoms in total. The van der Waals surface area contributed by atoms with Gasteiger partial charge >= 0.3 is 0 Å². The summed E-state index contributed by atoms with van der Waals surface area (Å²) in [4.78, 5) is 53.4. The highest BCUT2D eigenvalue weighted by atomic mass is 16.6. The lowest BCUT2D eigenvalue weighted by molar-refractivity contribution is -0.134. The number of benzene rings is 2. The summed E-state index contributed by atoms with van der Waals surface area (Å²) < 4.78 is 5.37. The number of ether oxygens (including phenoxy) is 1. The molecule has 1 saturated heterocycles. The third-order valence-corrected chi connectivity index (χ3v) is 7.62. The third kappa shape index (κ3) is 10.9. The number of carbonyl (C=O) groups excluding carboxylic acids is 4. The first-order valence-electron chi connectivity index (χ1n) is 15.3. The van der Waals surface area contributed by atoms with Gasteiger partial charge in [-0.15, -0.1) is 0 Å². The lowest BCUT2D eigenvalue weighted by Crippen LogP contribution is -2.57. The molecule has 5 N–H and O–H groups in total. The average molecular weight is 593 g/mol. The second-order valence-electron chi connectivity index (χ2n) is 12.6. The Hall–Kier alpha value is -3.56. The normalized spacial score (nSPS) is 18.8. The van der Waals surface area contributed by atoms with E-state index in [0.29, 0.717) is 25.9 Å². The number of amides is 3. The van der Waals surface area contributed by atoms with Crippen molar-refractivity contribution in [2.24, 2.45) is 17.6 Å². The maximum absolute atomic E-state index is 13.7. The van der Waals surface area contributed by atoms with E-state index in [9.17, 15) is 19.2 Å². The van der Waals surface area contributed by atoms with E-state index in [1.165, 1.54) is 0 Å². The van der Waals surface area contributed by atoms with Crippen molar-refractivity contribution in [3.8, 4) is 0 Å². The molecule has 2 aromatic carbocycles. The number of nitrogens with two attached hydrogens (primary N) is 1. The highest BCUT2D eigenvalue weighted by Gasteiger charge is 2.50. The number of epoxide rings is 1. The lowest BCUT2D eigenvalue weighted by atomic mass is 9.93. The van der Waals surface area contributed by atoms with Crippen LogP contribution in [0.4, 0.5) is 0 Å². The second kappa shape index (κ2) is 15.8. The molecule has 1 aliphatic heterocycles. The average Bonchev–Trinajstić information content (AvgIpc) is 3.73. The van der Waals surface area contributed by atoms with Crippen LogP contribution in [0.1, 0.15) is 77.5 Å². The fraction of sp³-hybridized carbons (Fsp3) is 0.529. The van der Waals surface area contributed by atoms with Gasteiger partial charge in [0.1, 0.15) is 17.7 Å². The van der Waals surface area contributed by atoms with Gasteiger partial charge in [0, 0.05) is 18.9 Å². The molecule has 0 radical (unpaired) electrons. The second-order valence-corrected chi connectivity index (χ2v) is 12.6. The first-order chi connectivity index (χ1) is 20.4. The number of ketones is 1. The zero-order valence-corrected chi connectivity index (χ0v) is 26.1. The summed E-state index contributed by atoms with van der Waals surface area (Å²) in [5.74, 6) is -1.09. The Labute approximate surface area is 255 Å². The molecule has 5 atom stereocenters. The standard InChI is InChI=1S/C34H48N4O5/c1-22(2)18-27(31(40)34(5)21-43-34)37-33(42)29(20-24-12-8-6-9-13-24)38-32(41)28(19-23(3)4)36-30(39)17-16-26(35)25-14-10-7-11-15-25/h6-15,22-23,26-29H,16-21,35H2,1-5H3,(H,36,39)(H,37,42)(H,38,41)/t26-,27-,28-,29-,34+/m0/s1. The van der Waals surface area contributed by atoms with Crippen LogP contribution in [0.15, 0.2) is 60.7 Å². The van der Waals surface area contributed by atoms with Gasteiger partial charge in [0.25, 0.3) is 0 Å². The van der Waals surface area contributed by atoms with Crippen LogP contribution in [0.25, 0.3) is 0 Å². The van der Waals surface area contributed by atoms with E-state index in [1.807, 2.05) is 88.4 Å². The predicted octanol–water partition coefficient (Wildman–Crippen LogP) is 3.61. The van der Waals surface area contributed by atoms with E-state index in [4.69, 9.17) is 10.5 Å². The predicted molar refractivity (Wildman–Crippen MR) is 167 cm³/mol. The number of carbonyl (C=O) groups is 4. The minimum Gasteiger partial charge on any atom is -0.361 e. The summed E-state index contributed by atoms with van der Waals surface area (Å²) in [7, 11) is 0. The number of Topliss-reactive ketones (excluding diaryl/α,β-unsaturated/α-hetero) is 1. The van der Waals surface area contributed by atoms with E-state index in [0.717, 1.165) is 11.1 Å². The maximum Gasteiger partial charge on any atom is 0.243 e. The van der Waals surface area contributed by atoms with Crippen LogP contribution < -0.4 is 21.7 Å². The molecule has 234 valence electrons. The van der Waals surface area contributed by atoms with Crippen molar-refractivity contribution in [1.82, 2.24) is 16.0 Å². The Bertz CT molecular complexity index is 1210. The molecule has 0 saturated carbocycles. The van der Waals surface area contributed by atoms with Gasteiger partial charge in [0.05, 0.1) is 12.6 Å². The van der Waals surface area contributed by atoms with Crippen LogP contribution in [-0.2, 0) is 30.3 Å². The molecule has 1 heterocycles. The van der Waals surface area contributed by atoms with Crippen LogP contribution in [-0.4, -0.2) is 53.8 Å². The monoisotopic (exact) mass is 592 g/mol. The fourth-order valence-corrected chi connectivity index (χ4v) is 5.05. The van der Waals surface area contributed by atoms with Crippen molar-refractivity contribution in [3.63, 3.8) is 0 Å². The van der Waals surface area contributed by atoms with Gasteiger partial charge in [-0.25, -0.2) is 0 Å².